The Balaban J connectivity index is 3.29. The van der Waals surface area contributed by atoms with Crippen LogP contribution in [0.4, 0.5) is 0 Å². The first-order valence-electron chi connectivity index (χ1n) is 3.74. The molecule has 0 radical (unpaired) electrons. The third-order valence-electron chi connectivity index (χ3n) is 1.15. The van der Waals surface area contributed by atoms with Crippen LogP contribution in [-0.2, 0) is 0 Å². The third-order valence-corrected chi connectivity index (χ3v) is 1.15. The molecule has 3 nitrogen and oxygen atoms in total. The number of amidine groups is 1. The van der Waals surface area contributed by atoms with Crippen molar-refractivity contribution in [1.82, 2.24) is 5.32 Å². The molecular formula is C8H15N3. The lowest BCUT2D eigenvalue weighted by atomic mass is 10.4. The number of hydrogen-bond donors (Lipinski definition) is 2. The summed E-state index contributed by atoms with van der Waals surface area (Å²) in [5.41, 5.74) is 0. The zero-order chi connectivity index (χ0) is 8.53. The summed E-state index contributed by atoms with van der Waals surface area (Å²) < 4.78 is 0. The average molecular weight is 153 g/mol. The molecule has 0 bridgehead atoms. The van der Waals surface area contributed by atoms with E-state index in [1.807, 2.05) is 13.0 Å². The van der Waals surface area contributed by atoms with Gasteiger partial charge in [0.25, 0.3) is 0 Å². The van der Waals surface area contributed by atoms with Crippen LogP contribution in [0.2, 0.25) is 0 Å². The Labute approximate surface area is 67.7 Å². The van der Waals surface area contributed by atoms with Gasteiger partial charge in [0, 0.05) is 13.0 Å². The molecule has 0 aromatic carbocycles. The molecule has 0 unspecified atom stereocenters. The summed E-state index contributed by atoms with van der Waals surface area (Å²) in [4.78, 5) is 4.00. The minimum atomic E-state index is 0.493. The van der Waals surface area contributed by atoms with Crippen molar-refractivity contribution in [2.24, 2.45) is 4.99 Å². The van der Waals surface area contributed by atoms with Gasteiger partial charge in [-0.2, -0.15) is 0 Å². The van der Waals surface area contributed by atoms with E-state index in [9.17, 15) is 0 Å². The Bertz CT molecular complexity index is 149. The van der Waals surface area contributed by atoms with Gasteiger partial charge in [0.15, 0.2) is 0 Å². The highest BCUT2D eigenvalue weighted by Gasteiger charge is 1.83. The lowest BCUT2D eigenvalue weighted by molar-refractivity contribution is 1.00. The van der Waals surface area contributed by atoms with Crippen LogP contribution in [0, 0.1) is 5.41 Å². The van der Waals surface area contributed by atoms with Crippen molar-refractivity contribution in [3.63, 3.8) is 0 Å². The van der Waals surface area contributed by atoms with Crippen molar-refractivity contribution in [3.8, 4) is 0 Å². The van der Waals surface area contributed by atoms with Crippen molar-refractivity contribution < 1.29 is 0 Å². The largest absolute Gasteiger partial charge is 0.335 e. The molecule has 0 rings (SSSR count). The highest BCUT2D eigenvalue weighted by atomic mass is 15.0. The van der Waals surface area contributed by atoms with Crippen molar-refractivity contribution in [3.05, 3.63) is 12.7 Å². The summed E-state index contributed by atoms with van der Waals surface area (Å²) in [5.74, 6) is 0.493. The second-order valence-electron chi connectivity index (χ2n) is 2.09. The maximum Gasteiger partial charge on any atom is 0.0979 e. The van der Waals surface area contributed by atoms with Crippen LogP contribution >= 0.6 is 0 Å². The molecular weight excluding hydrogens is 138 g/mol. The van der Waals surface area contributed by atoms with Gasteiger partial charge in [-0.15, -0.1) is 6.58 Å². The van der Waals surface area contributed by atoms with Gasteiger partial charge in [0.1, 0.15) is 0 Å². The quantitative estimate of drug-likeness (QED) is 0.268. The second kappa shape index (κ2) is 6.99. The Morgan fingerprint density at radius 1 is 1.73 bits per heavy atom. The number of nitrogens with one attached hydrogen (secondary N) is 2. The van der Waals surface area contributed by atoms with Crippen LogP contribution in [0.25, 0.3) is 0 Å². The van der Waals surface area contributed by atoms with Crippen LogP contribution in [0.1, 0.15) is 19.8 Å². The Morgan fingerprint density at radius 3 is 3.00 bits per heavy atom. The first kappa shape index (κ1) is 9.88. The van der Waals surface area contributed by atoms with Crippen LogP contribution in [-0.4, -0.2) is 18.7 Å². The normalized spacial score (nSPS) is 9.91. The van der Waals surface area contributed by atoms with Crippen molar-refractivity contribution in [1.29, 1.82) is 5.41 Å². The van der Waals surface area contributed by atoms with E-state index in [2.05, 4.69) is 16.9 Å². The molecule has 0 heterocycles. The predicted octanol–water partition coefficient (Wildman–Crippen LogP) is 1.57. The van der Waals surface area contributed by atoms with Crippen molar-refractivity contribution in [2.75, 3.05) is 6.54 Å². The molecule has 0 aromatic heterocycles. The lowest BCUT2D eigenvalue weighted by Crippen LogP contribution is -2.19. The maximum absolute atomic E-state index is 7.20. The molecule has 3 heteroatoms. The summed E-state index contributed by atoms with van der Waals surface area (Å²) in [7, 11) is 0. The Kier molecular flexibility index (Phi) is 6.28. The maximum atomic E-state index is 7.20. The third kappa shape index (κ3) is 6.77. The summed E-state index contributed by atoms with van der Waals surface area (Å²) in [6.07, 6.45) is 4.99. The van der Waals surface area contributed by atoms with Gasteiger partial charge in [-0.3, -0.25) is 10.4 Å². The predicted molar refractivity (Wildman–Crippen MR) is 49.3 cm³/mol. The zero-order valence-electron chi connectivity index (χ0n) is 6.93. The minimum absolute atomic E-state index is 0.493. The van der Waals surface area contributed by atoms with E-state index in [1.165, 1.54) is 0 Å². The van der Waals surface area contributed by atoms with Gasteiger partial charge in [-0.1, -0.05) is 13.0 Å². The fourth-order valence-electron chi connectivity index (χ4n) is 0.456. The molecule has 0 fully saturated rings. The highest BCUT2D eigenvalue weighted by molar-refractivity contribution is 5.89. The van der Waals surface area contributed by atoms with E-state index in [4.69, 9.17) is 5.41 Å². The molecule has 0 atom stereocenters. The topological polar surface area (TPSA) is 48.2 Å². The molecule has 0 saturated heterocycles. The van der Waals surface area contributed by atoms with E-state index in [0.717, 1.165) is 13.0 Å². The molecule has 0 spiro atoms. The molecule has 0 amide bonds. The van der Waals surface area contributed by atoms with Gasteiger partial charge in [0.05, 0.1) is 12.2 Å². The number of rotatable bonds is 5. The Morgan fingerprint density at radius 2 is 2.45 bits per heavy atom. The number of nitrogens with zero attached hydrogens (tertiary/aromatic N) is 1. The van der Waals surface area contributed by atoms with E-state index < -0.39 is 0 Å². The molecule has 2 N–H and O–H groups in total. The van der Waals surface area contributed by atoms with E-state index in [0.29, 0.717) is 12.3 Å². The molecule has 0 aliphatic carbocycles. The van der Waals surface area contributed by atoms with Gasteiger partial charge in [-0.05, 0) is 6.42 Å². The molecule has 11 heavy (non-hydrogen) atoms. The summed E-state index contributed by atoms with van der Waals surface area (Å²) in [6.45, 7) is 6.24. The van der Waals surface area contributed by atoms with Gasteiger partial charge < -0.3 is 5.32 Å². The van der Waals surface area contributed by atoms with E-state index >= 15 is 0 Å². The standard InChI is InChI=1S/C8H15N3/c1-3-5-6-10-7-11-8(9)4-2/h3,7H,1,4-6H2,2H3,(H2,9,10,11). The minimum Gasteiger partial charge on any atom is -0.335 e. The van der Waals surface area contributed by atoms with Gasteiger partial charge in [-0.25, -0.2) is 0 Å². The van der Waals surface area contributed by atoms with Crippen LogP contribution in [0.5, 0.6) is 0 Å². The number of hydrogen-bond acceptors (Lipinski definition) is 2. The molecule has 0 saturated carbocycles. The number of aliphatic imine (C=N–C) groups is 1. The first-order valence-corrected chi connectivity index (χ1v) is 3.74. The smallest absolute Gasteiger partial charge is 0.0979 e. The fourth-order valence-corrected chi connectivity index (χ4v) is 0.456. The van der Waals surface area contributed by atoms with E-state index in [1.54, 1.807) is 6.34 Å². The van der Waals surface area contributed by atoms with Crippen molar-refractivity contribution in [2.45, 2.75) is 19.8 Å². The van der Waals surface area contributed by atoms with Gasteiger partial charge >= 0.3 is 0 Å². The fraction of sp³-hybridized carbons (Fsp3) is 0.500. The highest BCUT2D eigenvalue weighted by Crippen LogP contribution is 1.79. The average Bonchev–Trinajstić information content (AvgIpc) is 2.04. The van der Waals surface area contributed by atoms with Gasteiger partial charge in [0.2, 0.25) is 0 Å². The summed E-state index contributed by atoms with van der Waals surface area (Å²) in [6, 6.07) is 0. The summed E-state index contributed by atoms with van der Waals surface area (Å²) >= 11 is 0. The molecule has 62 valence electrons. The van der Waals surface area contributed by atoms with Crippen LogP contribution < -0.4 is 5.32 Å². The molecule has 0 aromatic rings. The molecule has 0 aliphatic heterocycles. The second-order valence-corrected chi connectivity index (χ2v) is 2.09. The lowest BCUT2D eigenvalue weighted by Gasteiger charge is -1.96. The molecule has 0 aliphatic rings. The SMILES string of the molecule is C=CCCN=CNC(=N)CC. The summed E-state index contributed by atoms with van der Waals surface area (Å²) in [5, 5.41) is 9.94. The van der Waals surface area contributed by atoms with E-state index in [-0.39, 0.29) is 0 Å². The first-order chi connectivity index (χ1) is 5.31. The Hall–Kier alpha value is -1.12. The van der Waals surface area contributed by atoms with Crippen LogP contribution in [0.3, 0.4) is 0 Å². The monoisotopic (exact) mass is 153 g/mol. The zero-order valence-corrected chi connectivity index (χ0v) is 6.93. The van der Waals surface area contributed by atoms with Crippen molar-refractivity contribution >= 4 is 12.2 Å². The van der Waals surface area contributed by atoms with Crippen LogP contribution in [0.15, 0.2) is 17.6 Å².